The van der Waals surface area contributed by atoms with Crippen LogP contribution in [0, 0.1) is 11.8 Å². The van der Waals surface area contributed by atoms with E-state index in [0.29, 0.717) is 0 Å². The fraction of sp³-hybridized carbons (Fsp3) is 0.786. The average Bonchev–Trinajstić information content (AvgIpc) is 2.83. The summed E-state index contributed by atoms with van der Waals surface area (Å²) in [5, 5.41) is 0. The summed E-state index contributed by atoms with van der Waals surface area (Å²) in [7, 11) is 0. The summed E-state index contributed by atoms with van der Waals surface area (Å²) in [6.07, 6.45) is 4.79. The number of hydrogen-bond donors (Lipinski definition) is 0. The smallest absolute Gasteiger partial charge is 0.310 e. The van der Waals surface area contributed by atoms with Gasteiger partial charge in [0.25, 0.3) is 0 Å². The summed E-state index contributed by atoms with van der Waals surface area (Å²) >= 11 is 0. The third-order valence-corrected chi connectivity index (χ3v) is 4.43. The van der Waals surface area contributed by atoms with Crippen LogP contribution in [0.3, 0.4) is 0 Å². The molecule has 0 aromatic rings. The summed E-state index contributed by atoms with van der Waals surface area (Å²) in [5.74, 6) is -0.765. The second kappa shape index (κ2) is 3.81. The Hall–Kier alpha value is -0.910. The number of hydrogen-bond acceptors (Lipinski definition) is 5. The van der Waals surface area contributed by atoms with Gasteiger partial charge in [-0.05, 0) is 26.7 Å². The van der Waals surface area contributed by atoms with E-state index >= 15 is 0 Å². The molecule has 4 rings (SSSR count). The van der Waals surface area contributed by atoms with E-state index in [2.05, 4.69) is 12.2 Å². The summed E-state index contributed by atoms with van der Waals surface area (Å²) in [6, 6.07) is 0. The minimum atomic E-state index is -0.675. The Kier molecular flexibility index (Phi) is 2.38. The summed E-state index contributed by atoms with van der Waals surface area (Å²) < 4.78 is 23.1. The largest absolute Gasteiger partial charge is 0.456 e. The third-order valence-electron chi connectivity index (χ3n) is 4.43. The number of esters is 1. The van der Waals surface area contributed by atoms with Gasteiger partial charge >= 0.3 is 5.97 Å². The molecule has 3 fully saturated rings. The van der Waals surface area contributed by atoms with Crippen LogP contribution in [-0.4, -0.2) is 36.4 Å². The predicted molar refractivity (Wildman–Crippen MR) is 63.9 cm³/mol. The highest BCUT2D eigenvalue weighted by atomic mass is 16.8. The Bertz CT molecular complexity index is 443. The molecule has 104 valence electrons. The van der Waals surface area contributed by atoms with Gasteiger partial charge < -0.3 is 18.9 Å². The molecule has 0 aromatic carbocycles. The third kappa shape index (κ3) is 1.68. The van der Waals surface area contributed by atoms with Gasteiger partial charge in [0.15, 0.2) is 24.3 Å². The first-order valence-electron chi connectivity index (χ1n) is 6.93. The van der Waals surface area contributed by atoms with Crippen molar-refractivity contribution in [3.63, 3.8) is 0 Å². The highest BCUT2D eigenvalue weighted by molar-refractivity contribution is 5.75. The fourth-order valence-corrected chi connectivity index (χ4v) is 3.64. The van der Waals surface area contributed by atoms with Gasteiger partial charge in [0.05, 0.1) is 5.92 Å². The second-order valence-corrected chi connectivity index (χ2v) is 6.16. The topological polar surface area (TPSA) is 54.0 Å². The van der Waals surface area contributed by atoms with Crippen LogP contribution in [0.4, 0.5) is 0 Å². The first kappa shape index (κ1) is 11.9. The maximum absolute atomic E-state index is 12.1. The molecule has 0 aromatic heterocycles. The predicted octanol–water partition coefficient (Wildman–Crippen LogP) is 1.37. The molecular formula is C14H18O5. The molecule has 0 N–H and O–H groups in total. The molecule has 0 unspecified atom stereocenters. The van der Waals surface area contributed by atoms with Crippen molar-refractivity contribution in [1.82, 2.24) is 0 Å². The summed E-state index contributed by atoms with van der Waals surface area (Å²) in [6.45, 7) is 3.69. The Balaban J connectivity index is 1.63. The van der Waals surface area contributed by atoms with Gasteiger partial charge in [-0.3, -0.25) is 4.79 Å². The average molecular weight is 266 g/mol. The minimum absolute atomic E-state index is 0.0712. The lowest BCUT2D eigenvalue weighted by molar-refractivity contribution is -0.234. The number of rotatable bonds is 0. The fourth-order valence-electron chi connectivity index (χ4n) is 3.64. The standard InChI is InChI=1S/C14H18O5/c1-14(2)18-11-10-9(17-13(11)19-14)7-5-3-4-6-8(7)12(15)16-10/h3,5,7-11,13H,4,6H2,1-2H3/t7-,8+,9-,10+,11-,13-/m1/s1. The molecule has 0 saturated carbocycles. The Labute approximate surface area is 111 Å². The van der Waals surface area contributed by atoms with E-state index in [4.69, 9.17) is 18.9 Å². The van der Waals surface area contributed by atoms with Crippen molar-refractivity contribution in [1.29, 1.82) is 0 Å². The monoisotopic (exact) mass is 266 g/mol. The number of carbonyl (C=O) groups is 1. The molecular weight excluding hydrogens is 248 g/mol. The van der Waals surface area contributed by atoms with Crippen molar-refractivity contribution >= 4 is 5.97 Å². The number of carbonyl (C=O) groups excluding carboxylic acids is 1. The van der Waals surface area contributed by atoms with Crippen LogP contribution >= 0.6 is 0 Å². The normalized spacial score (nSPS) is 50.3. The van der Waals surface area contributed by atoms with E-state index in [1.807, 2.05) is 13.8 Å². The zero-order valence-corrected chi connectivity index (χ0v) is 11.1. The van der Waals surface area contributed by atoms with Gasteiger partial charge in [-0.25, -0.2) is 0 Å². The molecule has 5 heteroatoms. The lowest BCUT2D eigenvalue weighted by Gasteiger charge is -2.39. The van der Waals surface area contributed by atoms with E-state index in [-0.39, 0.29) is 36.1 Å². The van der Waals surface area contributed by atoms with Crippen molar-refractivity contribution in [2.75, 3.05) is 0 Å². The van der Waals surface area contributed by atoms with Gasteiger partial charge in [-0.15, -0.1) is 0 Å². The second-order valence-electron chi connectivity index (χ2n) is 6.16. The van der Waals surface area contributed by atoms with Crippen LogP contribution in [-0.2, 0) is 23.7 Å². The van der Waals surface area contributed by atoms with Gasteiger partial charge in [0.1, 0.15) is 6.10 Å². The highest BCUT2D eigenvalue weighted by Gasteiger charge is 2.61. The number of fused-ring (bicyclic) bond motifs is 5. The molecule has 19 heavy (non-hydrogen) atoms. The van der Waals surface area contributed by atoms with Crippen LogP contribution < -0.4 is 0 Å². The summed E-state index contributed by atoms with van der Waals surface area (Å²) in [4.78, 5) is 12.1. The van der Waals surface area contributed by atoms with Gasteiger partial charge in [0.2, 0.25) is 0 Å². The van der Waals surface area contributed by atoms with Crippen molar-refractivity contribution in [2.24, 2.45) is 11.8 Å². The number of allylic oxidation sites excluding steroid dienone is 1. The van der Waals surface area contributed by atoms with E-state index in [1.165, 1.54) is 0 Å². The highest BCUT2D eigenvalue weighted by Crippen LogP contribution is 2.46. The maximum atomic E-state index is 12.1. The van der Waals surface area contributed by atoms with Crippen molar-refractivity contribution in [3.05, 3.63) is 12.2 Å². The van der Waals surface area contributed by atoms with Crippen LogP contribution in [0.2, 0.25) is 0 Å². The molecule has 0 spiro atoms. The first-order chi connectivity index (χ1) is 9.05. The zero-order chi connectivity index (χ0) is 13.2. The van der Waals surface area contributed by atoms with E-state index in [0.717, 1.165) is 12.8 Å². The van der Waals surface area contributed by atoms with E-state index in [1.54, 1.807) is 0 Å². The van der Waals surface area contributed by atoms with Crippen molar-refractivity contribution in [3.8, 4) is 0 Å². The minimum Gasteiger partial charge on any atom is -0.456 e. The Morgan fingerprint density at radius 2 is 2.05 bits per heavy atom. The van der Waals surface area contributed by atoms with Crippen molar-refractivity contribution in [2.45, 2.75) is 57.1 Å². The van der Waals surface area contributed by atoms with Gasteiger partial charge in [0, 0.05) is 5.92 Å². The van der Waals surface area contributed by atoms with Crippen LogP contribution in [0.15, 0.2) is 12.2 Å². The summed E-state index contributed by atoms with van der Waals surface area (Å²) in [5.41, 5.74) is 0. The quantitative estimate of drug-likeness (QED) is 0.489. The lowest BCUT2D eigenvalue weighted by Crippen LogP contribution is -2.51. The molecule has 0 amide bonds. The Morgan fingerprint density at radius 3 is 2.89 bits per heavy atom. The molecule has 6 atom stereocenters. The number of ether oxygens (including phenoxy) is 4. The molecule has 3 heterocycles. The molecule has 5 nitrogen and oxygen atoms in total. The maximum Gasteiger partial charge on any atom is 0.310 e. The van der Waals surface area contributed by atoms with Crippen molar-refractivity contribution < 1.29 is 23.7 Å². The zero-order valence-electron chi connectivity index (χ0n) is 11.1. The molecule has 3 aliphatic heterocycles. The van der Waals surface area contributed by atoms with Crippen LogP contribution in [0.1, 0.15) is 26.7 Å². The lowest BCUT2D eigenvalue weighted by atomic mass is 9.77. The van der Waals surface area contributed by atoms with Gasteiger partial charge in [-0.1, -0.05) is 12.2 Å². The van der Waals surface area contributed by atoms with E-state index in [9.17, 15) is 4.79 Å². The Morgan fingerprint density at radius 1 is 1.21 bits per heavy atom. The molecule has 0 radical (unpaired) electrons. The molecule has 4 aliphatic rings. The first-order valence-corrected chi connectivity index (χ1v) is 6.93. The van der Waals surface area contributed by atoms with E-state index < -0.39 is 12.1 Å². The molecule has 1 aliphatic carbocycles. The molecule has 3 saturated heterocycles. The van der Waals surface area contributed by atoms with Crippen LogP contribution in [0.5, 0.6) is 0 Å². The SMILES string of the molecule is CC1(C)O[C@H]2O[C@@H]3[C@@H]4C=CCC[C@@H]4C(=O)O[C@@H]3[C@H]2O1. The molecule has 0 bridgehead atoms. The van der Waals surface area contributed by atoms with Gasteiger partial charge in [-0.2, -0.15) is 0 Å². The van der Waals surface area contributed by atoms with Crippen LogP contribution in [0.25, 0.3) is 0 Å².